The van der Waals surface area contributed by atoms with E-state index in [1.165, 1.54) is 12.4 Å². The maximum Gasteiger partial charge on any atom is 0.0966 e. The van der Waals surface area contributed by atoms with Crippen LogP contribution in [0.2, 0.25) is 0 Å². The van der Waals surface area contributed by atoms with Gasteiger partial charge >= 0.3 is 0 Å². The van der Waals surface area contributed by atoms with Crippen LogP contribution in [0.1, 0.15) is 6.92 Å². The van der Waals surface area contributed by atoms with Gasteiger partial charge in [0.05, 0.1) is 12.6 Å². The molecule has 0 aliphatic heterocycles. The van der Waals surface area contributed by atoms with Crippen LogP contribution in [0.15, 0.2) is 53.7 Å². The zero-order chi connectivity index (χ0) is 13.3. The number of allylic oxidation sites excluding steroid dienone is 2. The smallest absolute Gasteiger partial charge is 0.0966 e. The van der Waals surface area contributed by atoms with Crippen molar-refractivity contribution < 1.29 is 5.11 Å². The molecule has 0 saturated carbocycles. The molecule has 2 unspecified atom stereocenters. The van der Waals surface area contributed by atoms with Crippen molar-refractivity contribution >= 4 is 6.21 Å². The number of aliphatic hydroxyl groups excluding tert-OH is 1. The summed E-state index contributed by atoms with van der Waals surface area (Å²) in [6.07, 6.45) is 7.21. The van der Waals surface area contributed by atoms with Gasteiger partial charge in [-0.3, -0.25) is 4.99 Å². The Morgan fingerprint density at radius 3 is 2.53 bits per heavy atom. The summed E-state index contributed by atoms with van der Waals surface area (Å²) in [6.45, 7) is 9.42. The third-order valence-electron chi connectivity index (χ3n) is 2.14. The molecular weight excluding hydrogens is 214 g/mol. The quantitative estimate of drug-likeness (QED) is 0.453. The molecule has 0 aromatic carbocycles. The predicted molar refractivity (Wildman–Crippen MR) is 73.8 cm³/mol. The van der Waals surface area contributed by atoms with Crippen molar-refractivity contribution in [2.45, 2.75) is 19.1 Å². The minimum Gasteiger partial charge on any atom is -0.404 e. The average Bonchev–Trinajstić information content (AvgIpc) is 2.32. The van der Waals surface area contributed by atoms with Gasteiger partial charge in [-0.2, -0.15) is 0 Å². The Bertz CT molecular complexity index is 341. The Hall–Kier alpha value is -1.65. The van der Waals surface area contributed by atoms with Gasteiger partial charge in [0.1, 0.15) is 0 Å². The molecule has 94 valence electrons. The second-order valence-corrected chi connectivity index (χ2v) is 3.62. The molecule has 0 aliphatic rings. The van der Waals surface area contributed by atoms with Crippen LogP contribution in [0, 0.1) is 0 Å². The van der Waals surface area contributed by atoms with Crippen LogP contribution in [0.25, 0.3) is 0 Å². The Labute approximate surface area is 103 Å². The van der Waals surface area contributed by atoms with E-state index in [4.69, 9.17) is 11.5 Å². The summed E-state index contributed by atoms with van der Waals surface area (Å²) >= 11 is 0. The lowest BCUT2D eigenvalue weighted by Gasteiger charge is -2.14. The molecule has 0 fully saturated rings. The van der Waals surface area contributed by atoms with Crippen molar-refractivity contribution in [3.8, 4) is 0 Å². The summed E-state index contributed by atoms with van der Waals surface area (Å²) in [5.74, 6) is 0. The van der Waals surface area contributed by atoms with E-state index in [2.05, 4.69) is 18.2 Å². The van der Waals surface area contributed by atoms with Crippen molar-refractivity contribution in [1.29, 1.82) is 0 Å². The van der Waals surface area contributed by atoms with Gasteiger partial charge in [0.2, 0.25) is 0 Å². The highest BCUT2D eigenvalue weighted by molar-refractivity contribution is 5.80. The zero-order valence-electron chi connectivity index (χ0n) is 10.2. The molecule has 0 heterocycles. The lowest BCUT2D eigenvalue weighted by Crippen LogP contribution is -2.33. The first kappa shape index (κ1) is 15.3. The van der Waals surface area contributed by atoms with E-state index in [1.807, 2.05) is 6.08 Å². The Morgan fingerprint density at radius 1 is 1.47 bits per heavy atom. The molecule has 0 bridgehead atoms. The predicted octanol–water partition coefficient (Wildman–Crippen LogP) is 0.906. The van der Waals surface area contributed by atoms with Crippen LogP contribution in [0.3, 0.4) is 0 Å². The molecular formula is C13H21N3O. The van der Waals surface area contributed by atoms with E-state index in [-0.39, 0.29) is 6.04 Å². The van der Waals surface area contributed by atoms with Gasteiger partial charge in [-0.05, 0) is 12.5 Å². The second kappa shape index (κ2) is 8.50. The van der Waals surface area contributed by atoms with Gasteiger partial charge in [0.25, 0.3) is 0 Å². The molecule has 0 saturated heterocycles. The van der Waals surface area contributed by atoms with E-state index >= 15 is 0 Å². The van der Waals surface area contributed by atoms with Gasteiger partial charge in [-0.15, -0.1) is 0 Å². The minimum atomic E-state index is -0.806. The molecule has 0 aromatic heterocycles. The Balaban J connectivity index is 4.55. The SMILES string of the molecule is C=C/C=C(\C=C)CN=C/C(=C\N)C(O)C(C)N. The minimum absolute atomic E-state index is 0.390. The summed E-state index contributed by atoms with van der Waals surface area (Å²) in [4.78, 5) is 4.16. The van der Waals surface area contributed by atoms with Crippen molar-refractivity contribution in [2.24, 2.45) is 16.5 Å². The van der Waals surface area contributed by atoms with Crippen LogP contribution in [-0.2, 0) is 0 Å². The fraction of sp³-hybridized carbons (Fsp3) is 0.308. The van der Waals surface area contributed by atoms with Crippen LogP contribution in [0.5, 0.6) is 0 Å². The number of aliphatic hydroxyl groups is 1. The molecule has 0 amide bonds. The molecule has 0 spiro atoms. The number of aliphatic imine (C=N–C) groups is 1. The number of rotatable bonds is 7. The standard InChI is InChI=1S/C13H21N3O/c1-4-6-11(5-2)8-16-9-12(7-14)13(17)10(3)15/h4-7,9-10,13,17H,1-2,8,14-15H2,3H3/b11-6+,12-7+,16-9?. The molecule has 0 aromatic rings. The highest BCUT2D eigenvalue weighted by Crippen LogP contribution is 2.03. The number of nitrogens with two attached hydrogens (primary N) is 2. The van der Waals surface area contributed by atoms with E-state index in [1.54, 1.807) is 19.1 Å². The fourth-order valence-electron chi connectivity index (χ4n) is 1.11. The van der Waals surface area contributed by atoms with Crippen molar-refractivity contribution in [1.82, 2.24) is 0 Å². The number of hydrogen-bond acceptors (Lipinski definition) is 4. The largest absolute Gasteiger partial charge is 0.404 e. The van der Waals surface area contributed by atoms with Gasteiger partial charge in [0, 0.05) is 24.0 Å². The third-order valence-corrected chi connectivity index (χ3v) is 2.14. The number of nitrogens with zero attached hydrogens (tertiary/aromatic N) is 1. The molecule has 0 aliphatic carbocycles. The Morgan fingerprint density at radius 2 is 2.12 bits per heavy atom. The molecule has 5 N–H and O–H groups in total. The number of hydrogen-bond donors (Lipinski definition) is 3. The van der Waals surface area contributed by atoms with E-state index < -0.39 is 6.10 Å². The molecule has 0 radical (unpaired) electrons. The molecule has 2 atom stereocenters. The second-order valence-electron chi connectivity index (χ2n) is 3.62. The van der Waals surface area contributed by atoms with Crippen LogP contribution in [0.4, 0.5) is 0 Å². The van der Waals surface area contributed by atoms with E-state index in [0.29, 0.717) is 12.1 Å². The van der Waals surface area contributed by atoms with E-state index in [9.17, 15) is 5.11 Å². The fourth-order valence-corrected chi connectivity index (χ4v) is 1.11. The van der Waals surface area contributed by atoms with Crippen molar-refractivity contribution in [3.05, 3.63) is 48.7 Å². The lowest BCUT2D eigenvalue weighted by molar-refractivity contribution is 0.192. The van der Waals surface area contributed by atoms with E-state index in [0.717, 1.165) is 5.57 Å². The molecule has 17 heavy (non-hydrogen) atoms. The van der Waals surface area contributed by atoms with Crippen LogP contribution < -0.4 is 11.5 Å². The van der Waals surface area contributed by atoms with Gasteiger partial charge < -0.3 is 16.6 Å². The van der Waals surface area contributed by atoms with Crippen molar-refractivity contribution in [2.75, 3.05) is 6.54 Å². The first-order chi connectivity index (χ1) is 8.06. The monoisotopic (exact) mass is 235 g/mol. The highest BCUT2D eigenvalue weighted by Gasteiger charge is 2.12. The zero-order valence-corrected chi connectivity index (χ0v) is 10.2. The summed E-state index contributed by atoms with van der Waals surface area (Å²) in [5, 5.41) is 9.70. The van der Waals surface area contributed by atoms with Gasteiger partial charge in [0.15, 0.2) is 0 Å². The molecule has 4 nitrogen and oxygen atoms in total. The van der Waals surface area contributed by atoms with Crippen LogP contribution in [-0.4, -0.2) is 30.0 Å². The summed E-state index contributed by atoms with van der Waals surface area (Å²) in [5.41, 5.74) is 12.4. The lowest BCUT2D eigenvalue weighted by atomic mass is 10.1. The van der Waals surface area contributed by atoms with Gasteiger partial charge in [-0.25, -0.2) is 0 Å². The summed E-state index contributed by atoms with van der Waals surface area (Å²) in [7, 11) is 0. The molecule has 4 heteroatoms. The van der Waals surface area contributed by atoms with Crippen LogP contribution >= 0.6 is 0 Å². The van der Waals surface area contributed by atoms with Gasteiger partial charge in [-0.1, -0.05) is 31.4 Å². The maximum atomic E-state index is 9.70. The first-order valence-electron chi connectivity index (χ1n) is 5.36. The highest BCUT2D eigenvalue weighted by atomic mass is 16.3. The topological polar surface area (TPSA) is 84.6 Å². The van der Waals surface area contributed by atoms with Crippen molar-refractivity contribution in [3.63, 3.8) is 0 Å². The maximum absolute atomic E-state index is 9.70. The third kappa shape index (κ3) is 5.85. The Kier molecular flexibility index (Phi) is 7.67. The normalized spacial score (nSPS) is 16.9. The molecule has 0 rings (SSSR count). The summed E-state index contributed by atoms with van der Waals surface area (Å²) < 4.78 is 0. The average molecular weight is 235 g/mol. The summed E-state index contributed by atoms with van der Waals surface area (Å²) in [6, 6.07) is -0.390. The first-order valence-corrected chi connectivity index (χ1v) is 5.36.